The van der Waals surface area contributed by atoms with Crippen LogP contribution in [0.2, 0.25) is 0 Å². The number of hydrogen-bond acceptors (Lipinski definition) is 1. The number of halogens is 4. The minimum absolute atomic E-state index is 0. The zero-order valence-corrected chi connectivity index (χ0v) is 15.5. The van der Waals surface area contributed by atoms with Gasteiger partial charge in [-0.2, -0.15) is 13.2 Å². The molecule has 22 heavy (non-hydrogen) atoms. The number of hydrogen-bond donors (Lipinski definition) is 1. The van der Waals surface area contributed by atoms with Crippen LogP contribution in [0.25, 0.3) is 0 Å². The second-order valence-corrected chi connectivity index (χ2v) is 6.26. The molecular formula is C15H27F3IN3. The van der Waals surface area contributed by atoms with Crippen LogP contribution in [0.4, 0.5) is 13.2 Å². The highest BCUT2D eigenvalue weighted by Crippen LogP contribution is 2.35. The van der Waals surface area contributed by atoms with Crippen LogP contribution >= 0.6 is 24.0 Å². The van der Waals surface area contributed by atoms with Gasteiger partial charge in [0.25, 0.3) is 0 Å². The molecule has 130 valence electrons. The molecule has 2 aliphatic rings. The van der Waals surface area contributed by atoms with Gasteiger partial charge >= 0.3 is 6.18 Å². The van der Waals surface area contributed by atoms with Gasteiger partial charge in [0.1, 0.15) is 0 Å². The van der Waals surface area contributed by atoms with E-state index in [9.17, 15) is 13.2 Å². The van der Waals surface area contributed by atoms with Gasteiger partial charge in [0.05, 0.1) is 0 Å². The smallest absolute Gasteiger partial charge is 0.356 e. The number of nitrogens with one attached hydrogen (secondary N) is 1. The summed E-state index contributed by atoms with van der Waals surface area (Å²) in [4.78, 5) is 6.57. The molecule has 2 fully saturated rings. The van der Waals surface area contributed by atoms with E-state index in [-0.39, 0.29) is 30.4 Å². The fourth-order valence-electron chi connectivity index (χ4n) is 3.56. The zero-order valence-electron chi connectivity index (χ0n) is 13.2. The van der Waals surface area contributed by atoms with E-state index in [1.54, 1.807) is 7.05 Å². The van der Waals surface area contributed by atoms with Crippen LogP contribution in [0.15, 0.2) is 4.99 Å². The van der Waals surface area contributed by atoms with Crippen LogP contribution in [0.3, 0.4) is 0 Å². The Morgan fingerprint density at radius 2 is 1.73 bits per heavy atom. The van der Waals surface area contributed by atoms with Crippen molar-refractivity contribution < 1.29 is 13.2 Å². The molecule has 1 saturated carbocycles. The third-order valence-corrected chi connectivity index (χ3v) is 4.66. The van der Waals surface area contributed by atoms with Crippen LogP contribution in [0.1, 0.15) is 44.9 Å². The van der Waals surface area contributed by atoms with E-state index >= 15 is 0 Å². The van der Waals surface area contributed by atoms with Gasteiger partial charge in [-0.05, 0) is 37.5 Å². The number of unbranched alkanes of at least 4 members (excludes halogenated alkanes) is 1. The van der Waals surface area contributed by atoms with Crippen molar-refractivity contribution in [1.82, 2.24) is 10.2 Å². The molecule has 0 bridgehead atoms. The third kappa shape index (κ3) is 6.12. The molecule has 2 atom stereocenters. The molecule has 3 nitrogen and oxygen atoms in total. The molecule has 0 aromatic rings. The summed E-state index contributed by atoms with van der Waals surface area (Å²) in [5, 5.41) is 3.22. The van der Waals surface area contributed by atoms with Crippen LogP contribution in [-0.4, -0.2) is 43.7 Å². The van der Waals surface area contributed by atoms with Crippen molar-refractivity contribution in [2.24, 2.45) is 16.8 Å². The van der Waals surface area contributed by atoms with Gasteiger partial charge in [-0.25, -0.2) is 0 Å². The highest BCUT2D eigenvalue weighted by Gasteiger charge is 2.35. The summed E-state index contributed by atoms with van der Waals surface area (Å²) < 4.78 is 36.2. The van der Waals surface area contributed by atoms with Crippen molar-refractivity contribution in [3.63, 3.8) is 0 Å². The van der Waals surface area contributed by atoms with Gasteiger partial charge in [0.2, 0.25) is 0 Å². The molecule has 0 amide bonds. The number of rotatable bonds is 4. The molecule has 1 aliphatic carbocycles. The van der Waals surface area contributed by atoms with Crippen molar-refractivity contribution in [3.8, 4) is 0 Å². The molecule has 0 aromatic heterocycles. The quantitative estimate of drug-likeness (QED) is 0.314. The summed E-state index contributed by atoms with van der Waals surface area (Å²) in [6.45, 7) is 2.66. The lowest BCUT2D eigenvalue weighted by Gasteiger charge is -2.22. The SMILES string of the molecule is CN=C(NCCCCC(F)(F)F)N1CC2CCCCC2C1.I. The predicted molar refractivity (Wildman–Crippen MR) is 93.7 cm³/mol. The Morgan fingerprint density at radius 3 is 2.23 bits per heavy atom. The van der Waals surface area contributed by atoms with Crippen molar-refractivity contribution in [2.45, 2.75) is 51.1 Å². The molecule has 1 N–H and O–H groups in total. The molecule has 1 saturated heterocycles. The average Bonchev–Trinajstić information content (AvgIpc) is 2.85. The fraction of sp³-hybridized carbons (Fsp3) is 0.933. The minimum atomic E-state index is -4.04. The van der Waals surface area contributed by atoms with E-state index in [4.69, 9.17) is 0 Å². The van der Waals surface area contributed by atoms with Gasteiger partial charge in [0.15, 0.2) is 5.96 Å². The first-order chi connectivity index (χ1) is 9.99. The van der Waals surface area contributed by atoms with E-state index in [0.717, 1.165) is 30.9 Å². The number of fused-ring (bicyclic) bond motifs is 1. The van der Waals surface area contributed by atoms with Crippen LogP contribution in [-0.2, 0) is 0 Å². The van der Waals surface area contributed by atoms with Crippen LogP contribution in [0, 0.1) is 11.8 Å². The van der Waals surface area contributed by atoms with E-state index < -0.39 is 12.6 Å². The Hall–Kier alpha value is -0.210. The topological polar surface area (TPSA) is 27.6 Å². The second kappa shape index (κ2) is 9.17. The molecule has 2 unspecified atom stereocenters. The molecule has 0 spiro atoms. The Morgan fingerprint density at radius 1 is 1.14 bits per heavy atom. The maximum Gasteiger partial charge on any atom is 0.389 e. The first-order valence-electron chi connectivity index (χ1n) is 8.02. The normalized spacial score (nSPS) is 25.6. The molecular weight excluding hydrogens is 406 g/mol. The number of aliphatic imine (C=N–C) groups is 1. The summed E-state index contributed by atoms with van der Waals surface area (Å²) in [6, 6.07) is 0. The molecule has 1 heterocycles. The first-order valence-corrected chi connectivity index (χ1v) is 8.02. The third-order valence-electron chi connectivity index (χ3n) is 4.66. The van der Waals surface area contributed by atoms with Crippen molar-refractivity contribution in [2.75, 3.05) is 26.7 Å². The number of likely N-dealkylation sites (tertiary alicyclic amines) is 1. The maximum atomic E-state index is 12.1. The van der Waals surface area contributed by atoms with Gasteiger partial charge in [-0.3, -0.25) is 4.99 Å². The van der Waals surface area contributed by atoms with Crippen LogP contribution < -0.4 is 5.32 Å². The molecule has 2 rings (SSSR count). The Balaban J connectivity index is 0.00000242. The summed E-state index contributed by atoms with van der Waals surface area (Å²) in [6.07, 6.45) is 1.26. The predicted octanol–water partition coefficient (Wildman–Crippen LogP) is 4.03. The standard InChI is InChI=1S/C15H26F3N3.HI/c1-19-14(20-9-5-4-8-15(16,17)18)21-10-12-6-2-3-7-13(12)11-21;/h12-13H,2-11H2,1H3,(H,19,20);1H. The highest BCUT2D eigenvalue weighted by atomic mass is 127. The molecule has 7 heteroatoms. The van der Waals surface area contributed by atoms with Gasteiger partial charge < -0.3 is 10.2 Å². The van der Waals surface area contributed by atoms with Gasteiger partial charge in [0, 0.05) is 33.1 Å². The first kappa shape index (κ1) is 19.8. The maximum absolute atomic E-state index is 12.1. The Kier molecular flexibility index (Phi) is 8.27. The Bertz CT molecular complexity index is 346. The molecule has 0 radical (unpaired) electrons. The number of alkyl halides is 3. The summed E-state index contributed by atoms with van der Waals surface area (Å²) in [7, 11) is 1.75. The number of nitrogens with zero attached hydrogens (tertiary/aromatic N) is 2. The van der Waals surface area contributed by atoms with E-state index in [1.165, 1.54) is 25.7 Å². The molecule has 1 aliphatic heterocycles. The Labute approximate surface area is 148 Å². The summed E-state index contributed by atoms with van der Waals surface area (Å²) in [5.74, 6) is 2.42. The zero-order chi connectivity index (χ0) is 15.3. The molecule has 0 aromatic carbocycles. The summed E-state index contributed by atoms with van der Waals surface area (Å²) in [5.41, 5.74) is 0. The largest absolute Gasteiger partial charge is 0.389 e. The number of guanidine groups is 1. The monoisotopic (exact) mass is 433 g/mol. The lowest BCUT2D eigenvalue weighted by atomic mass is 9.82. The van der Waals surface area contributed by atoms with E-state index in [1.807, 2.05) is 0 Å². The minimum Gasteiger partial charge on any atom is -0.356 e. The van der Waals surface area contributed by atoms with Gasteiger partial charge in [-0.15, -0.1) is 24.0 Å². The average molecular weight is 433 g/mol. The van der Waals surface area contributed by atoms with E-state index in [2.05, 4.69) is 15.2 Å². The summed E-state index contributed by atoms with van der Waals surface area (Å²) >= 11 is 0. The van der Waals surface area contributed by atoms with Crippen molar-refractivity contribution >= 4 is 29.9 Å². The lowest BCUT2D eigenvalue weighted by molar-refractivity contribution is -0.135. The fourth-order valence-corrected chi connectivity index (χ4v) is 3.56. The highest BCUT2D eigenvalue weighted by molar-refractivity contribution is 14.0. The van der Waals surface area contributed by atoms with E-state index in [0.29, 0.717) is 13.0 Å². The van der Waals surface area contributed by atoms with Crippen LogP contribution in [0.5, 0.6) is 0 Å². The van der Waals surface area contributed by atoms with Crippen molar-refractivity contribution in [3.05, 3.63) is 0 Å². The lowest BCUT2D eigenvalue weighted by Crippen LogP contribution is -2.40. The van der Waals surface area contributed by atoms with Crippen molar-refractivity contribution in [1.29, 1.82) is 0 Å². The second-order valence-electron chi connectivity index (χ2n) is 6.26. The van der Waals surface area contributed by atoms with Gasteiger partial charge in [-0.1, -0.05) is 12.8 Å².